The highest BCUT2D eigenvalue weighted by Gasteiger charge is 2.89. The molecule has 16 heteroatoms. The van der Waals surface area contributed by atoms with Gasteiger partial charge >= 0.3 is 39.5 Å². The van der Waals surface area contributed by atoms with Crippen LogP contribution >= 0.6 is 45.2 Å². The molecule has 0 amide bonds. The third kappa shape index (κ3) is 4.65. The first-order chi connectivity index (χ1) is 11.6. The molecular formula is C11H8F12I2O2. The zero-order valence-corrected chi connectivity index (χ0v) is 16.9. The van der Waals surface area contributed by atoms with Crippen molar-refractivity contribution in [1.29, 1.82) is 0 Å². The third-order valence-corrected chi connectivity index (χ3v) is 4.60. The molecule has 0 bridgehead atoms. The average Bonchev–Trinajstić information content (AvgIpc) is 2.44. The van der Waals surface area contributed by atoms with Crippen LogP contribution in [-0.2, 0) is 9.53 Å². The SMILES string of the molecule is CCOC(=O)C(I)CC(F)(F)C(F)(F)C(F)(F)C(F)(F)C(F)(F)C(F)(F)I. The quantitative estimate of drug-likeness (QED) is 0.133. The molecule has 0 rings (SSSR count). The van der Waals surface area contributed by atoms with Gasteiger partial charge < -0.3 is 4.74 Å². The van der Waals surface area contributed by atoms with Gasteiger partial charge in [-0.25, -0.2) is 0 Å². The maximum absolute atomic E-state index is 13.6. The van der Waals surface area contributed by atoms with Crippen molar-refractivity contribution in [1.82, 2.24) is 0 Å². The van der Waals surface area contributed by atoms with E-state index in [0.717, 1.165) is 29.5 Å². The summed E-state index contributed by atoms with van der Waals surface area (Å²) in [5.41, 5.74) is 0. The molecule has 0 heterocycles. The number of hydrogen-bond donors (Lipinski definition) is 0. The first kappa shape index (κ1) is 27.1. The minimum atomic E-state index is -7.62. The van der Waals surface area contributed by atoms with Gasteiger partial charge in [-0.2, -0.15) is 52.7 Å². The molecule has 0 saturated carbocycles. The zero-order chi connectivity index (χ0) is 22.3. The Morgan fingerprint density at radius 3 is 1.52 bits per heavy atom. The Bertz CT molecular complexity index is 546. The number of halogens is 14. The molecule has 1 unspecified atom stereocenters. The molecule has 0 spiro atoms. The van der Waals surface area contributed by atoms with Crippen molar-refractivity contribution in [2.45, 2.75) is 50.8 Å². The van der Waals surface area contributed by atoms with Crippen molar-refractivity contribution in [3.63, 3.8) is 0 Å². The van der Waals surface area contributed by atoms with Crippen LogP contribution in [0.1, 0.15) is 13.3 Å². The van der Waals surface area contributed by atoms with Gasteiger partial charge in [0.1, 0.15) is 3.92 Å². The van der Waals surface area contributed by atoms with E-state index in [1.165, 1.54) is 0 Å². The van der Waals surface area contributed by atoms with Gasteiger partial charge in [-0.1, -0.05) is 22.6 Å². The smallest absolute Gasteiger partial charge is 0.387 e. The van der Waals surface area contributed by atoms with Crippen molar-refractivity contribution in [3.8, 4) is 0 Å². The van der Waals surface area contributed by atoms with Crippen LogP contribution in [0, 0.1) is 0 Å². The summed E-state index contributed by atoms with van der Waals surface area (Å²) in [7, 11) is 0. The van der Waals surface area contributed by atoms with E-state index in [1.54, 1.807) is 0 Å². The summed E-state index contributed by atoms with van der Waals surface area (Å²) in [6.45, 7) is 0.723. The van der Waals surface area contributed by atoms with E-state index in [1.807, 2.05) is 0 Å². The molecule has 0 saturated heterocycles. The maximum atomic E-state index is 13.6. The average molecular weight is 654 g/mol. The molecule has 0 aliphatic heterocycles. The van der Waals surface area contributed by atoms with Gasteiger partial charge in [0.25, 0.3) is 0 Å². The Morgan fingerprint density at radius 1 is 0.815 bits per heavy atom. The maximum Gasteiger partial charge on any atom is 0.387 e. The van der Waals surface area contributed by atoms with Crippen LogP contribution in [0.3, 0.4) is 0 Å². The molecule has 0 aromatic carbocycles. The molecule has 27 heavy (non-hydrogen) atoms. The van der Waals surface area contributed by atoms with E-state index in [0.29, 0.717) is 0 Å². The Kier molecular flexibility index (Phi) is 8.11. The summed E-state index contributed by atoms with van der Waals surface area (Å²) in [6, 6.07) is 0. The number of ether oxygens (including phenoxy) is 1. The predicted molar refractivity (Wildman–Crippen MR) is 82.8 cm³/mol. The van der Waals surface area contributed by atoms with Gasteiger partial charge in [-0.05, 0) is 6.92 Å². The summed E-state index contributed by atoms with van der Waals surface area (Å²) >= 11 is 0.0246. The summed E-state index contributed by atoms with van der Waals surface area (Å²) in [4.78, 5) is 11.1. The summed E-state index contributed by atoms with van der Waals surface area (Å²) in [5.74, 6) is -37.3. The molecule has 0 fully saturated rings. The number of alkyl halides is 14. The second-order valence-corrected chi connectivity index (χ2v) is 7.78. The third-order valence-electron chi connectivity index (χ3n) is 2.98. The molecule has 0 radical (unpaired) electrons. The zero-order valence-electron chi connectivity index (χ0n) is 12.6. The fourth-order valence-corrected chi connectivity index (χ4v) is 2.54. The normalized spacial score (nSPS) is 16.3. The van der Waals surface area contributed by atoms with Crippen molar-refractivity contribution in [2.24, 2.45) is 0 Å². The van der Waals surface area contributed by atoms with E-state index in [9.17, 15) is 57.5 Å². The van der Waals surface area contributed by atoms with Crippen LogP contribution in [-0.4, -0.2) is 50.0 Å². The Labute approximate surface area is 170 Å². The minimum Gasteiger partial charge on any atom is -0.465 e. The molecule has 0 N–H and O–H groups in total. The van der Waals surface area contributed by atoms with Crippen molar-refractivity contribution < 1.29 is 62.2 Å². The van der Waals surface area contributed by atoms with E-state index < -0.39 is 79.1 Å². The molecule has 162 valence electrons. The van der Waals surface area contributed by atoms with Crippen molar-refractivity contribution in [2.75, 3.05) is 6.61 Å². The van der Waals surface area contributed by atoms with Gasteiger partial charge in [0.15, 0.2) is 0 Å². The second kappa shape index (κ2) is 8.08. The van der Waals surface area contributed by atoms with Gasteiger partial charge in [-0.3, -0.25) is 4.79 Å². The molecule has 0 aliphatic rings. The van der Waals surface area contributed by atoms with E-state index in [2.05, 4.69) is 4.74 Å². The monoisotopic (exact) mass is 654 g/mol. The minimum absolute atomic E-state index is 0.439. The number of carbonyl (C=O) groups is 1. The highest BCUT2D eigenvalue weighted by atomic mass is 127. The van der Waals surface area contributed by atoms with Crippen LogP contribution < -0.4 is 0 Å². The molecule has 1 atom stereocenters. The lowest BCUT2D eigenvalue weighted by atomic mass is 9.92. The largest absolute Gasteiger partial charge is 0.465 e. The molecule has 0 aliphatic carbocycles. The van der Waals surface area contributed by atoms with Gasteiger partial charge in [0.2, 0.25) is 0 Å². The van der Waals surface area contributed by atoms with Gasteiger partial charge in [-0.15, -0.1) is 0 Å². The predicted octanol–water partition coefficient (Wildman–Crippen LogP) is 5.95. The number of esters is 1. The van der Waals surface area contributed by atoms with E-state index in [4.69, 9.17) is 0 Å². The topological polar surface area (TPSA) is 26.3 Å². The highest BCUT2D eigenvalue weighted by Crippen LogP contribution is 2.61. The molecular weight excluding hydrogens is 646 g/mol. The van der Waals surface area contributed by atoms with E-state index in [-0.39, 0.29) is 0 Å². The van der Waals surface area contributed by atoms with Gasteiger partial charge in [0.05, 0.1) is 6.61 Å². The van der Waals surface area contributed by atoms with Gasteiger partial charge in [0, 0.05) is 29.0 Å². The lowest BCUT2D eigenvalue weighted by Crippen LogP contribution is -2.70. The van der Waals surface area contributed by atoms with Crippen molar-refractivity contribution in [3.05, 3.63) is 0 Å². The Balaban J connectivity index is 6.05. The van der Waals surface area contributed by atoms with Crippen LogP contribution in [0.2, 0.25) is 0 Å². The standard InChI is InChI=1S/C11H8F12I2O2/c1-2-27-5(26)4(24)3-6(12,13)7(14,15)8(16,17)9(18,19)10(20,21)11(22,23)25/h4H,2-3H2,1H3. The van der Waals surface area contributed by atoms with E-state index >= 15 is 0 Å². The molecule has 0 aromatic rings. The summed E-state index contributed by atoms with van der Waals surface area (Å²) in [6.07, 6.45) is -2.52. The fraction of sp³-hybridized carbons (Fsp3) is 0.909. The summed E-state index contributed by atoms with van der Waals surface area (Å²) in [5, 5.41) is 0. The number of hydrogen-bond acceptors (Lipinski definition) is 2. The molecule has 2 nitrogen and oxygen atoms in total. The number of rotatable bonds is 9. The number of carbonyl (C=O) groups excluding carboxylic acids is 1. The van der Waals surface area contributed by atoms with Crippen LogP contribution in [0.15, 0.2) is 0 Å². The summed E-state index contributed by atoms with van der Waals surface area (Å²) < 4.78 is 154. The van der Waals surface area contributed by atoms with Crippen LogP contribution in [0.25, 0.3) is 0 Å². The highest BCUT2D eigenvalue weighted by molar-refractivity contribution is 14.1. The Morgan fingerprint density at radius 2 is 1.19 bits per heavy atom. The Hall–Kier alpha value is 0.0900. The molecule has 0 aromatic heterocycles. The van der Waals surface area contributed by atoms with Crippen molar-refractivity contribution >= 4 is 51.2 Å². The fourth-order valence-electron chi connectivity index (χ4n) is 1.47. The lowest BCUT2D eigenvalue weighted by Gasteiger charge is -2.40. The van der Waals surface area contributed by atoms with Crippen LogP contribution in [0.5, 0.6) is 0 Å². The first-order valence-corrected chi connectivity index (χ1v) is 8.70. The second-order valence-electron chi connectivity index (χ2n) is 4.92. The first-order valence-electron chi connectivity index (χ1n) is 6.38. The lowest BCUT2D eigenvalue weighted by molar-refractivity contribution is -0.414. The van der Waals surface area contributed by atoms with Crippen LogP contribution in [0.4, 0.5) is 52.7 Å².